The zero-order valence-corrected chi connectivity index (χ0v) is 18.5. The van der Waals surface area contributed by atoms with Crippen LogP contribution in [0.3, 0.4) is 0 Å². The maximum absolute atomic E-state index is 13.4. The van der Waals surface area contributed by atoms with Gasteiger partial charge in [-0.25, -0.2) is 0 Å². The minimum Gasteiger partial charge on any atom is -0.344 e. The van der Waals surface area contributed by atoms with Crippen molar-refractivity contribution in [2.75, 3.05) is 32.9 Å². The number of thioether (sulfide) groups is 1. The van der Waals surface area contributed by atoms with Gasteiger partial charge in [-0.2, -0.15) is 0 Å². The topological polar surface area (TPSA) is 52.7 Å². The van der Waals surface area contributed by atoms with Crippen molar-refractivity contribution in [1.29, 1.82) is 0 Å². The standard InChI is InChI=1S/C23H31N3O2S/c1-18-10-12-21(13-11-18)29-17-22(24-19(2)27)23(28)26(15-14-25(3)4)16-20-8-6-5-7-9-20/h5-13,22H,14-17H2,1-4H3,(H,24,27). The molecule has 2 aromatic rings. The average Bonchev–Trinajstić information content (AvgIpc) is 2.69. The summed E-state index contributed by atoms with van der Waals surface area (Å²) in [6.45, 7) is 5.39. The van der Waals surface area contributed by atoms with E-state index in [0.29, 0.717) is 18.8 Å². The van der Waals surface area contributed by atoms with Crippen LogP contribution >= 0.6 is 11.8 Å². The molecule has 0 saturated heterocycles. The number of carbonyl (C=O) groups excluding carboxylic acids is 2. The van der Waals surface area contributed by atoms with Crippen molar-refractivity contribution in [3.05, 3.63) is 65.7 Å². The molecule has 0 heterocycles. The van der Waals surface area contributed by atoms with Crippen molar-refractivity contribution in [2.24, 2.45) is 0 Å². The maximum atomic E-state index is 13.4. The molecule has 0 saturated carbocycles. The van der Waals surface area contributed by atoms with E-state index < -0.39 is 6.04 Å². The lowest BCUT2D eigenvalue weighted by Crippen LogP contribution is -2.50. The largest absolute Gasteiger partial charge is 0.344 e. The van der Waals surface area contributed by atoms with Gasteiger partial charge in [-0.15, -0.1) is 11.8 Å². The summed E-state index contributed by atoms with van der Waals surface area (Å²) in [6, 6.07) is 17.6. The summed E-state index contributed by atoms with van der Waals surface area (Å²) >= 11 is 1.58. The van der Waals surface area contributed by atoms with Crippen molar-refractivity contribution >= 4 is 23.6 Å². The first-order valence-electron chi connectivity index (χ1n) is 9.79. The van der Waals surface area contributed by atoms with Crippen molar-refractivity contribution < 1.29 is 9.59 Å². The van der Waals surface area contributed by atoms with Crippen molar-refractivity contribution in [3.8, 4) is 0 Å². The van der Waals surface area contributed by atoms with Crippen LogP contribution in [0.2, 0.25) is 0 Å². The zero-order chi connectivity index (χ0) is 21.2. The quantitative estimate of drug-likeness (QED) is 0.608. The van der Waals surface area contributed by atoms with Crippen molar-refractivity contribution in [2.45, 2.75) is 31.3 Å². The number of nitrogens with zero attached hydrogens (tertiary/aromatic N) is 2. The van der Waals surface area contributed by atoms with Crippen LogP contribution in [0.4, 0.5) is 0 Å². The first-order chi connectivity index (χ1) is 13.8. The van der Waals surface area contributed by atoms with E-state index in [4.69, 9.17) is 0 Å². The Bertz CT molecular complexity index is 778. The van der Waals surface area contributed by atoms with Gasteiger partial charge in [-0.1, -0.05) is 48.0 Å². The first-order valence-corrected chi connectivity index (χ1v) is 10.8. The molecule has 2 aromatic carbocycles. The monoisotopic (exact) mass is 413 g/mol. The van der Waals surface area contributed by atoms with Gasteiger partial charge >= 0.3 is 0 Å². The van der Waals surface area contributed by atoms with Gasteiger partial charge in [0.1, 0.15) is 6.04 Å². The molecule has 6 heteroatoms. The number of aryl methyl sites for hydroxylation is 1. The van der Waals surface area contributed by atoms with E-state index in [1.54, 1.807) is 11.8 Å². The third-order valence-electron chi connectivity index (χ3n) is 4.46. The van der Waals surface area contributed by atoms with Gasteiger partial charge in [0.2, 0.25) is 11.8 Å². The van der Waals surface area contributed by atoms with E-state index in [9.17, 15) is 9.59 Å². The number of amides is 2. The van der Waals surface area contributed by atoms with E-state index >= 15 is 0 Å². The fraction of sp³-hybridized carbons (Fsp3) is 0.391. The Labute approximate surface area is 178 Å². The second kappa shape index (κ2) is 11.6. The van der Waals surface area contributed by atoms with Gasteiger partial charge in [-0.05, 0) is 38.7 Å². The molecule has 0 spiro atoms. The second-order valence-electron chi connectivity index (χ2n) is 7.43. The Hall–Kier alpha value is -2.31. The minimum atomic E-state index is -0.565. The lowest BCUT2D eigenvalue weighted by atomic mass is 10.2. The third-order valence-corrected chi connectivity index (χ3v) is 5.56. The van der Waals surface area contributed by atoms with Gasteiger partial charge in [-0.3, -0.25) is 9.59 Å². The molecule has 0 aliphatic heterocycles. The number of hydrogen-bond acceptors (Lipinski definition) is 4. The molecule has 0 radical (unpaired) electrons. The summed E-state index contributed by atoms with van der Waals surface area (Å²) in [4.78, 5) is 30.1. The molecule has 5 nitrogen and oxygen atoms in total. The summed E-state index contributed by atoms with van der Waals surface area (Å²) in [7, 11) is 3.98. The second-order valence-corrected chi connectivity index (χ2v) is 8.52. The summed E-state index contributed by atoms with van der Waals surface area (Å²) in [5.41, 5.74) is 2.27. The highest BCUT2D eigenvalue weighted by molar-refractivity contribution is 7.99. The Morgan fingerprint density at radius 3 is 2.24 bits per heavy atom. The number of likely N-dealkylation sites (N-methyl/N-ethyl adjacent to an activating group) is 1. The molecule has 0 bridgehead atoms. The molecule has 1 N–H and O–H groups in total. The number of carbonyl (C=O) groups is 2. The molecular formula is C23H31N3O2S. The molecule has 2 amide bonds. The third kappa shape index (κ3) is 8.30. The first kappa shape index (κ1) is 23.0. The summed E-state index contributed by atoms with van der Waals surface area (Å²) in [6.07, 6.45) is 0. The minimum absolute atomic E-state index is 0.0504. The SMILES string of the molecule is CC(=O)NC(CSc1ccc(C)cc1)C(=O)N(CCN(C)C)Cc1ccccc1. The summed E-state index contributed by atoms with van der Waals surface area (Å²) in [5, 5.41) is 2.85. The van der Waals surface area contributed by atoms with Gasteiger partial charge in [0.25, 0.3) is 0 Å². The molecule has 156 valence electrons. The zero-order valence-electron chi connectivity index (χ0n) is 17.7. The van der Waals surface area contributed by atoms with Crippen LogP contribution in [0, 0.1) is 6.92 Å². The molecule has 0 fully saturated rings. The van der Waals surface area contributed by atoms with Crippen molar-refractivity contribution in [3.63, 3.8) is 0 Å². The van der Waals surface area contributed by atoms with Crippen LogP contribution in [0.5, 0.6) is 0 Å². The summed E-state index contributed by atoms with van der Waals surface area (Å²) < 4.78 is 0. The van der Waals surface area contributed by atoms with Crippen LogP contribution in [0.15, 0.2) is 59.5 Å². The Morgan fingerprint density at radius 2 is 1.66 bits per heavy atom. The predicted molar refractivity (Wildman–Crippen MR) is 120 cm³/mol. The average molecular weight is 414 g/mol. The maximum Gasteiger partial charge on any atom is 0.246 e. The normalized spacial score (nSPS) is 11.9. The van der Waals surface area contributed by atoms with E-state index in [1.807, 2.05) is 68.4 Å². The Morgan fingerprint density at radius 1 is 1.00 bits per heavy atom. The number of benzene rings is 2. The van der Waals surface area contributed by atoms with E-state index in [1.165, 1.54) is 12.5 Å². The highest BCUT2D eigenvalue weighted by Gasteiger charge is 2.25. The van der Waals surface area contributed by atoms with Crippen molar-refractivity contribution in [1.82, 2.24) is 15.1 Å². The molecule has 1 atom stereocenters. The predicted octanol–water partition coefficient (Wildman–Crippen LogP) is 3.18. The van der Waals surface area contributed by atoms with Crippen LogP contribution < -0.4 is 5.32 Å². The van der Waals surface area contributed by atoms with E-state index in [0.717, 1.165) is 17.0 Å². The molecule has 1 unspecified atom stereocenters. The molecule has 0 aromatic heterocycles. The van der Waals surface area contributed by atoms with E-state index in [-0.39, 0.29) is 11.8 Å². The molecular weight excluding hydrogens is 382 g/mol. The Balaban J connectivity index is 2.13. The fourth-order valence-electron chi connectivity index (χ4n) is 2.85. The molecule has 0 aliphatic rings. The van der Waals surface area contributed by atoms with Crippen LogP contribution in [0.25, 0.3) is 0 Å². The van der Waals surface area contributed by atoms with E-state index in [2.05, 4.69) is 22.3 Å². The molecule has 0 aliphatic carbocycles. The summed E-state index contributed by atoms with van der Waals surface area (Å²) in [5.74, 6) is 0.250. The smallest absolute Gasteiger partial charge is 0.246 e. The molecule has 29 heavy (non-hydrogen) atoms. The van der Waals surface area contributed by atoms with Crippen LogP contribution in [0.1, 0.15) is 18.1 Å². The highest BCUT2D eigenvalue weighted by atomic mass is 32.2. The van der Waals surface area contributed by atoms with Gasteiger partial charge in [0.05, 0.1) is 0 Å². The van der Waals surface area contributed by atoms with Gasteiger partial charge < -0.3 is 15.1 Å². The fourth-order valence-corrected chi connectivity index (χ4v) is 3.76. The van der Waals surface area contributed by atoms with Crippen LogP contribution in [-0.4, -0.2) is 60.6 Å². The molecule has 2 rings (SSSR count). The number of hydrogen-bond donors (Lipinski definition) is 1. The van der Waals surface area contributed by atoms with Crippen LogP contribution in [-0.2, 0) is 16.1 Å². The lowest BCUT2D eigenvalue weighted by Gasteiger charge is -2.29. The highest BCUT2D eigenvalue weighted by Crippen LogP contribution is 2.20. The number of nitrogens with one attached hydrogen (secondary N) is 1. The Kier molecular flexibility index (Phi) is 9.22. The lowest BCUT2D eigenvalue weighted by molar-refractivity contribution is -0.136. The van der Waals surface area contributed by atoms with Gasteiger partial charge in [0.15, 0.2) is 0 Å². The number of rotatable bonds is 10. The van der Waals surface area contributed by atoms with Gasteiger partial charge in [0, 0.05) is 37.2 Å².